The van der Waals surface area contributed by atoms with Crippen molar-refractivity contribution in [2.24, 2.45) is 4.99 Å². The van der Waals surface area contributed by atoms with Crippen molar-refractivity contribution in [1.29, 1.82) is 0 Å². The van der Waals surface area contributed by atoms with Gasteiger partial charge in [0.25, 0.3) is 0 Å². The van der Waals surface area contributed by atoms with Crippen molar-refractivity contribution in [3.05, 3.63) is 43.2 Å². The molecule has 1 aromatic heterocycles. The minimum atomic E-state index is -0.847. The lowest BCUT2D eigenvalue weighted by Crippen LogP contribution is -2.30. The third-order valence-electron chi connectivity index (χ3n) is 4.50. The Hall–Kier alpha value is -1.99. The Balaban J connectivity index is 1.92. The van der Waals surface area contributed by atoms with Crippen molar-refractivity contribution in [2.75, 3.05) is 0 Å². The minimum Gasteiger partial charge on any atom is -0.493 e. The lowest BCUT2D eigenvalue weighted by molar-refractivity contribution is -0.137. The van der Waals surface area contributed by atoms with Crippen LogP contribution in [-0.4, -0.2) is 26.3 Å². The second kappa shape index (κ2) is 7.32. The van der Waals surface area contributed by atoms with Gasteiger partial charge < -0.3 is 10.2 Å². The molecule has 2 aromatic rings. The molecule has 26 heavy (non-hydrogen) atoms. The molecule has 0 saturated heterocycles. The maximum atomic E-state index is 10.7. The molecular formula is C19H22N2O3S2. The molecule has 0 atom stereocenters. The summed E-state index contributed by atoms with van der Waals surface area (Å²) in [5, 5.41) is 21.2. The van der Waals surface area contributed by atoms with Gasteiger partial charge in [-0.15, -0.1) is 11.3 Å². The largest absolute Gasteiger partial charge is 0.493 e. The van der Waals surface area contributed by atoms with Crippen LogP contribution in [0, 0.1) is 3.95 Å². The number of rotatable bonds is 5. The van der Waals surface area contributed by atoms with E-state index >= 15 is 0 Å². The molecular weight excluding hydrogens is 368 g/mol. The molecule has 0 bridgehead atoms. The third kappa shape index (κ3) is 4.22. The smallest absolute Gasteiger partial charge is 0.303 e. The Kier molecular flexibility index (Phi) is 5.29. The number of aromatic hydroxyl groups is 1. The minimum absolute atomic E-state index is 0.0109. The highest BCUT2D eigenvalue weighted by Crippen LogP contribution is 2.27. The predicted octanol–water partition coefficient (Wildman–Crippen LogP) is 3.02. The van der Waals surface area contributed by atoms with Crippen molar-refractivity contribution < 1.29 is 15.0 Å². The predicted molar refractivity (Wildman–Crippen MR) is 105 cm³/mol. The highest BCUT2D eigenvalue weighted by Gasteiger charge is 2.20. The summed E-state index contributed by atoms with van der Waals surface area (Å²) < 4.78 is 2.15. The zero-order chi connectivity index (χ0) is 18.9. The summed E-state index contributed by atoms with van der Waals surface area (Å²) in [7, 11) is 0. The average Bonchev–Trinajstić information content (AvgIpc) is 2.81. The monoisotopic (exact) mass is 390 g/mol. The molecule has 7 heteroatoms. The molecule has 3 rings (SSSR count). The fraction of sp³-hybridized carbons (Fsp3) is 0.421. The zero-order valence-corrected chi connectivity index (χ0v) is 16.5. The summed E-state index contributed by atoms with van der Waals surface area (Å²) >= 11 is 6.65. The fourth-order valence-electron chi connectivity index (χ4n) is 3.07. The van der Waals surface area contributed by atoms with Crippen molar-refractivity contribution in [2.45, 2.75) is 51.6 Å². The van der Waals surface area contributed by atoms with Gasteiger partial charge in [0.05, 0.1) is 15.8 Å². The Labute approximate surface area is 161 Å². The third-order valence-corrected chi connectivity index (χ3v) is 5.88. The molecule has 1 aromatic carbocycles. The first-order chi connectivity index (χ1) is 12.2. The van der Waals surface area contributed by atoms with Gasteiger partial charge in [0.2, 0.25) is 5.88 Å². The van der Waals surface area contributed by atoms with Crippen LogP contribution in [0.1, 0.15) is 43.6 Å². The van der Waals surface area contributed by atoms with E-state index in [1.165, 1.54) is 16.9 Å². The Morgan fingerprint density at radius 2 is 2.23 bits per heavy atom. The molecule has 0 aliphatic carbocycles. The van der Waals surface area contributed by atoms with E-state index in [-0.39, 0.29) is 17.8 Å². The first kappa shape index (κ1) is 18.8. The van der Waals surface area contributed by atoms with Crippen LogP contribution in [0.25, 0.3) is 6.08 Å². The van der Waals surface area contributed by atoms with Crippen LogP contribution in [0.5, 0.6) is 5.88 Å². The number of thiazole rings is 1. The zero-order valence-electron chi connectivity index (χ0n) is 14.9. The molecule has 5 nitrogen and oxygen atoms in total. The van der Waals surface area contributed by atoms with E-state index in [0.717, 1.165) is 23.4 Å². The molecule has 0 fully saturated rings. The van der Waals surface area contributed by atoms with Gasteiger partial charge in [-0.25, -0.2) is 0 Å². The lowest BCUT2D eigenvalue weighted by atomic mass is 9.92. The second-order valence-corrected chi connectivity index (χ2v) is 8.84. The number of aryl methyl sites for hydroxylation is 1. The maximum absolute atomic E-state index is 10.7. The second-order valence-electron chi connectivity index (χ2n) is 7.16. The van der Waals surface area contributed by atoms with Crippen LogP contribution in [0.2, 0.25) is 0 Å². The summed E-state index contributed by atoms with van der Waals surface area (Å²) in [5.41, 5.74) is 1.21. The standard InChI is InChI=1S/C19H22N2O3S2/c1-19(2)8-7-13-10-12(5-6-14(13)20-19)11-15-17(24)21(18(25)26-15)9-3-4-16(22)23/h5-6,10-11,24H,3-4,7-9H2,1-2H3,(H,22,23)/b12-11+. The van der Waals surface area contributed by atoms with E-state index in [2.05, 4.69) is 19.9 Å². The van der Waals surface area contributed by atoms with Crippen molar-refractivity contribution in [3.8, 4) is 5.88 Å². The number of aliphatic carboxylic acids is 1. The number of fused-ring (bicyclic) bond motifs is 1. The van der Waals surface area contributed by atoms with Gasteiger partial charge in [0.15, 0.2) is 3.95 Å². The number of carbonyl (C=O) groups is 1. The Morgan fingerprint density at radius 1 is 1.46 bits per heavy atom. The number of hydrogen-bond acceptors (Lipinski definition) is 5. The van der Waals surface area contributed by atoms with Gasteiger partial charge >= 0.3 is 5.97 Å². The van der Waals surface area contributed by atoms with Gasteiger partial charge in [-0.2, -0.15) is 0 Å². The SMILES string of the molecule is CC1(C)CCc2c/c(=C/c3sc(=S)n(CCCC(=O)O)c3O)ccc2=N1. The number of aromatic nitrogens is 1. The van der Waals surface area contributed by atoms with Gasteiger partial charge in [0.1, 0.15) is 0 Å². The Morgan fingerprint density at radius 3 is 2.96 bits per heavy atom. The van der Waals surface area contributed by atoms with Crippen LogP contribution >= 0.6 is 23.6 Å². The normalized spacial score (nSPS) is 16.2. The first-order valence-electron chi connectivity index (χ1n) is 8.60. The number of carboxylic acid groups (broad SMARTS) is 1. The maximum Gasteiger partial charge on any atom is 0.303 e. The number of hydrogen-bond donors (Lipinski definition) is 2. The summed E-state index contributed by atoms with van der Waals surface area (Å²) in [6.45, 7) is 4.70. The van der Waals surface area contributed by atoms with E-state index in [9.17, 15) is 9.90 Å². The highest BCUT2D eigenvalue weighted by molar-refractivity contribution is 7.73. The van der Waals surface area contributed by atoms with Crippen LogP contribution in [-0.2, 0) is 17.8 Å². The van der Waals surface area contributed by atoms with E-state index in [4.69, 9.17) is 22.3 Å². The topological polar surface area (TPSA) is 74.8 Å². The van der Waals surface area contributed by atoms with Crippen LogP contribution in [0.3, 0.4) is 0 Å². The van der Waals surface area contributed by atoms with Gasteiger partial charge in [-0.05, 0) is 74.3 Å². The molecule has 0 spiro atoms. The van der Waals surface area contributed by atoms with Gasteiger partial charge in [-0.3, -0.25) is 14.4 Å². The molecule has 0 saturated carbocycles. The average molecular weight is 391 g/mol. The molecule has 0 radical (unpaired) electrons. The quantitative estimate of drug-likeness (QED) is 0.770. The summed E-state index contributed by atoms with van der Waals surface area (Å²) in [6, 6.07) is 6.15. The molecule has 138 valence electrons. The van der Waals surface area contributed by atoms with E-state index in [1.807, 2.05) is 18.2 Å². The van der Waals surface area contributed by atoms with Gasteiger partial charge in [0, 0.05) is 13.0 Å². The van der Waals surface area contributed by atoms with E-state index in [0.29, 0.717) is 21.8 Å². The Bertz CT molecular complexity index is 1020. The summed E-state index contributed by atoms with van der Waals surface area (Å²) in [6.07, 6.45) is 4.42. The fourth-order valence-corrected chi connectivity index (χ4v) is 4.39. The van der Waals surface area contributed by atoms with Crippen molar-refractivity contribution in [3.63, 3.8) is 0 Å². The molecule has 0 amide bonds. The summed E-state index contributed by atoms with van der Waals surface area (Å²) in [4.78, 5) is 16.1. The van der Waals surface area contributed by atoms with Crippen LogP contribution in [0.15, 0.2) is 23.2 Å². The summed E-state index contributed by atoms with van der Waals surface area (Å²) in [5.74, 6) is -0.741. The highest BCUT2D eigenvalue weighted by atomic mass is 32.1. The number of carboxylic acids is 1. The van der Waals surface area contributed by atoms with Crippen LogP contribution in [0.4, 0.5) is 0 Å². The molecule has 1 aliphatic heterocycles. The van der Waals surface area contributed by atoms with Gasteiger partial charge in [-0.1, -0.05) is 6.07 Å². The molecule has 2 N–H and O–H groups in total. The van der Waals surface area contributed by atoms with E-state index < -0.39 is 5.97 Å². The molecule has 2 heterocycles. The van der Waals surface area contributed by atoms with Crippen molar-refractivity contribution >= 4 is 35.6 Å². The number of benzene rings is 1. The lowest BCUT2D eigenvalue weighted by Gasteiger charge is -2.24. The number of nitrogens with zero attached hydrogens (tertiary/aromatic N) is 2. The molecule has 0 unspecified atom stereocenters. The van der Waals surface area contributed by atoms with Crippen LogP contribution < -0.4 is 10.6 Å². The first-order valence-corrected chi connectivity index (χ1v) is 9.83. The molecule has 1 aliphatic rings. The van der Waals surface area contributed by atoms with E-state index in [1.54, 1.807) is 4.57 Å². The van der Waals surface area contributed by atoms with Crippen molar-refractivity contribution in [1.82, 2.24) is 4.57 Å².